The minimum absolute atomic E-state index is 0.142. The van der Waals surface area contributed by atoms with E-state index in [1.807, 2.05) is 43.6 Å². The highest BCUT2D eigenvalue weighted by molar-refractivity contribution is 7.98. The fourth-order valence-electron chi connectivity index (χ4n) is 3.51. The van der Waals surface area contributed by atoms with Gasteiger partial charge >= 0.3 is 6.03 Å². The maximum Gasteiger partial charge on any atom is 0.319 e. The summed E-state index contributed by atoms with van der Waals surface area (Å²) >= 11 is 1.64. The number of benzene rings is 1. The summed E-state index contributed by atoms with van der Waals surface area (Å²) < 4.78 is 7.17. The number of aryl methyl sites for hydroxylation is 1. The first-order valence-electron chi connectivity index (χ1n) is 11.1. The molecule has 0 unspecified atom stereocenters. The number of morpholine rings is 1. The second kappa shape index (κ2) is 11.8. The highest BCUT2D eigenvalue weighted by atomic mass is 32.2. The van der Waals surface area contributed by atoms with Gasteiger partial charge in [-0.3, -0.25) is 4.68 Å². The first-order valence-corrected chi connectivity index (χ1v) is 12.3. The summed E-state index contributed by atoms with van der Waals surface area (Å²) in [7, 11) is 1.84. The molecule has 1 aromatic carbocycles. The molecule has 0 radical (unpaired) electrons. The van der Waals surface area contributed by atoms with Crippen LogP contribution >= 0.6 is 11.8 Å². The van der Waals surface area contributed by atoms with Gasteiger partial charge in [-0.1, -0.05) is 0 Å². The van der Waals surface area contributed by atoms with E-state index >= 15 is 0 Å². The number of hydrogen-bond donors (Lipinski definition) is 3. The number of aliphatic hydroxyl groups is 1. The second-order valence-corrected chi connectivity index (χ2v) is 8.93. The molecule has 4 rings (SSSR count). The number of nitrogens with zero attached hydrogens (tertiary/aromatic N) is 5. The lowest BCUT2D eigenvalue weighted by Gasteiger charge is -2.28. The van der Waals surface area contributed by atoms with Gasteiger partial charge in [0, 0.05) is 67.3 Å². The summed E-state index contributed by atoms with van der Waals surface area (Å²) in [5.41, 5.74) is 3.39. The van der Waals surface area contributed by atoms with Gasteiger partial charge in [-0.2, -0.15) is 16.9 Å². The van der Waals surface area contributed by atoms with E-state index in [9.17, 15) is 4.79 Å². The minimum atomic E-state index is -0.287. The van der Waals surface area contributed by atoms with Gasteiger partial charge in [0.2, 0.25) is 0 Å². The highest BCUT2D eigenvalue weighted by Crippen LogP contribution is 2.24. The molecule has 1 aliphatic heterocycles. The number of carbonyl (C=O) groups is 1. The number of rotatable bonds is 9. The average Bonchev–Trinajstić information content (AvgIpc) is 3.29. The minimum Gasteiger partial charge on any atom is -0.396 e. The zero-order valence-electron chi connectivity index (χ0n) is 19.1. The van der Waals surface area contributed by atoms with Crippen LogP contribution in [0, 0.1) is 0 Å². The van der Waals surface area contributed by atoms with Crippen molar-refractivity contribution >= 4 is 29.3 Å². The van der Waals surface area contributed by atoms with Crippen molar-refractivity contribution in [1.29, 1.82) is 0 Å². The maximum absolute atomic E-state index is 12.2. The van der Waals surface area contributed by atoms with E-state index in [0.29, 0.717) is 42.8 Å². The highest BCUT2D eigenvalue weighted by Gasteiger charge is 2.16. The van der Waals surface area contributed by atoms with Gasteiger partial charge < -0.3 is 25.4 Å². The van der Waals surface area contributed by atoms with E-state index in [0.717, 1.165) is 35.7 Å². The van der Waals surface area contributed by atoms with Gasteiger partial charge in [0.15, 0.2) is 5.82 Å². The number of anilines is 2. The molecule has 34 heavy (non-hydrogen) atoms. The van der Waals surface area contributed by atoms with Crippen LogP contribution in [-0.4, -0.2) is 69.5 Å². The predicted molar refractivity (Wildman–Crippen MR) is 133 cm³/mol. The molecule has 3 aromatic rings. The normalized spacial score (nSPS) is 13.6. The molecule has 10 nitrogen and oxygen atoms in total. The molecule has 0 saturated carbocycles. The number of amides is 2. The van der Waals surface area contributed by atoms with Gasteiger partial charge in [0.05, 0.1) is 31.7 Å². The van der Waals surface area contributed by atoms with Crippen molar-refractivity contribution in [2.24, 2.45) is 7.05 Å². The number of carbonyl (C=O) groups excluding carboxylic acids is 1. The Hall–Kier alpha value is -3.15. The molecule has 0 spiro atoms. The van der Waals surface area contributed by atoms with Crippen LogP contribution in [0.3, 0.4) is 0 Å². The summed E-state index contributed by atoms with van der Waals surface area (Å²) in [5.74, 6) is 2.88. The molecule has 0 atom stereocenters. The molecule has 0 bridgehead atoms. The SMILES string of the molecule is Cn1cc(CNC(=O)Nc2ccc(-c3nc(CSCCO)cc(N4CCOCC4)n3)cc2)cn1. The van der Waals surface area contributed by atoms with Crippen molar-refractivity contribution < 1.29 is 14.6 Å². The molecule has 0 aliphatic carbocycles. The Labute approximate surface area is 202 Å². The third-order valence-electron chi connectivity index (χ3n) is 5.20. The Bertz CT molecular complexity index is 1080. The summed E-state index contributed by atoms with van der Waals surface area (Å²) in [4.78, 5) is 24.0. The van der Waals surface area contributed by atoms with Crippen molar-refractivity contribution in [2.45, 2.75) is 12.3 Å². The summed E-state index contributed by atoms with van der Waals surface area (Å²) in [6, 6.07) is 9.21. The lowest BCUT2D eigenvalue weighted by molar-refractivity contribution is 0.122. The number of nitrogens with one attached hydrogen (secondary N) is 2. The Kier molecular flexibility index (Phi) is 8.34. The molecule has 2 aromatic heterocycles. The topological polar surface area (TPSA) is 117 Å². The zero-order chi connectivity index (χ0) is 23.8. The van der Waals surface area contributed by atoms with Crippen LogP contribution in [0.5, 0.6) is 0 Å². The van der Waals surface area contributed by atoms with Crippen LogP contribution in [0.4, 0.5) is 16.3 Å². The van der Waals surface area contributed by atoms with Crippen LogP contribution in [0.2, 0.25) is 0 Å². The van der Waals surface area contributed by atoms with Crippen molar-refractivity contribution in [1.82, 2.24) is 25.1 Å². The van der Waals surface area contributed by atoms with E-state index < -0.39 is 0 Å². The van der Waals surface area contributed by atoms with Crippen LogP contribution in [-0.2, 0) is 24.1 Å². The Balaban J connectivity index is 1.44. The molecule has 3 heterocycles. The zero-order valence-corrected chi connectivity index (χ0v) is 19.9. The number of aliphatic hydroxyl groups excluding tert-OH is 1. The van der Waals surface area contributed by atoms with Gasteiger partial charge in [-0.25, -0.2) is 14.8 Å². The van der Waals surface area contributed by atoms with Crippen LogP contribution in [0.1, 0.15) is 11.3 Å². The number of urea groups is 1. The van der Waals surface area contributed by atoms with E-state index in [-0.39, 0.29) is 12.6 Å². The molecule has 3 N–H and O–H groups in total. The van der Waals surface area contributed by atoms with Crippen LogP contribution in [0.25, 0.3) is 11.4 Å². The first-order chi connectivity index (χ1) is 16.6. The fourth-order valence-corrected chi connectivity index (χ4v) is 4.14. The van der Waals surface area contributed by atoms with Gasteiger partial charge in [-0.05, 0) is 24.3 Å². The Morgan fingerprint density at radius 1 is 1.21 bits per heavy atom. The van der Waals surface area contributed by atoms with E-state index in [4.69, 9.17) is 19.8 Å². The summed E-state index contributed by atoms with van der Waals surface area (Å²) in [6.45, 7) is 3.47. The summed E-state index contributed by atoms with van der Waals surface area (Å²) in [6.07, 6.45) is 3.58. The number of hydrogen-bond acceptors (Lipinski definition) is 8. The van der Waals surface area contributed by atoms with Crippen molar-refractivity contribution in [2.75, 3.05) is 48.9 Å². The van der Waals surface area contributed by atoms with Crippen molar-refractivity contribution in [3.63, 3.8) is 0 Å². The molecule has 2 amide bonds. The van der Waals surface area contributed by atoms with Crippen LogP contribution < -0.4 is 15.5 Å². The van der Waals surface area contributed by atoms with Crippen molar-refractivity contribution in [3.8, 4) is 11.4 Å². The standard InChI is InChI=1S/C23H29N7O3S/c1-29-15-17(14-25-29)13-24-23(32)27-19-4-2-18(3-5-19)22-26-20(16-34-11-8-31)12-21(28-22)30-6-9-33-10-7-30/h2-5,12,14-15,31H,6-11,13,16H2,1H3,(H2,24,27,32). The molecule has 1 fully saturated rings. The van der Waals surface area contributed by atoms with Crippen molar-refractivity contribution in [3.05, 3.63) is 54.0 Å². The third-order valence-corrected chi connectivity index (χ3v) is 6.17. The van der Waals surface area contributed by atoms with E-state index in [1.165, 1.54) is 0 Å². The Morgan fingerprint density at radius 2 is 2.00 bits per heavy atom. The predicted octanol–water partition coefficient (Wildman–Crippen LogP) is 2.26. The molecular formula is C23H29N7O3S. The van der Waals surface area contributed by atoms with E-state index in [1.54, 1.807) is 22.6 Å². The number of thioether (sulfide) groups is 1. The molecule has 11 heteroatoms. The average molecular weight is 484 g/mol. The van der Waals surface area contributed by atoms with Gasteiger partial charge in [-0.15, -0.1) is 0 Å². The van der Waals surface area contributed by atoms with Gasteiger partial charge in [0.1, 0.15) is 5.82 Å². The molecule has 1 aliphatic rings. The largest absolute Gasteiger partial charge is 0.396 e. The van der Waals surface area contributed by atoms with Crippen LogP contribution in [0.15, 0.2) is 42.7 Å². The van der Waals surface area contributed by atoms with E-state index in [2.05, 4.69) is 20.6 Å². The quantitative estimate of drug-likeness (QED) is 0.397. The molecule has 180 valence electrons. The maximum atomic E-state index is 12.2. The number of aromatic nitrogens is 4. The lowest BCUT2D eigenvalue weighted by atomic mass is 10.2. The van der Waals surface area contributed by atoms with Gasteiger partial charge in [0.25, 0.3) is 0 Å². The summed E-state index contributed by atoms with van der Waals surface area (Å²) in [5, 5.41) is 18.9. The third kappa shape index (κ3) is 6.69. The Morgan fingerprint density at radius 3 is 2.71 bits per heavy atom. The smallest absolute Gasteiger partial charge is 0.319 e. The monoisotopic (exact) mass is 483 g/mol. The number of ether oxygens (including phenoxy) is 1. The fraction of sp³-hybridized carbons (Fsp3) is 0.391. The lowest BCUT2D eigenvalue weighted by Crippen LogP contribution is -2.37. The second-order valence-electron chi connectivity index (χ2n) is 7.82. The molecular weight excluding hydrogens is 454 g/mol. The molecule has 1 saturated heterocycles. The first kappa shape index (κ1) is 24.0.